The molecule has 154 valence electrons. The first-order valence-electron chi connectivity index (χ1n) is 10.3. The maximum atomic E-state index is 14.9. The third-order valence-corrected chi connectivity index (χ3v) is 6.00. The lowest BCUT2D eigenvalue weighted by atomic mass is 10.0. The minimum absolute atomic E-state index is 0.0104. The summed E-state index contributed by atoms with van der Waals surface area (Å²) in [6.45, 7) is 1.90. The number of rotatable bonds is 3. The molecule has 1 aliphatic rings. The van der Waals surface area contributed by atoms with Crippen LogP contribution in [0.2, 0.25) is 0 Å². The van der Waals surface area contributed by atoms with Crippen LogP contribution in [0.4, 0.5) is 4.39 Å². The van der Waals surface area contributed by atoms with Gasteiger partial charge >= 0.3 is 0 Å². The summed E-state index contributed by atoms with van der Waals surface area (Å²) in [5, 5.41) is 9.67. The number of nitriles is 1. The van der Waals surface area contributed by atoms with E-state index < -0.39 is 0 Å². The fourth-order valence-electron chi connectivity index (χ4n) is 4.47. The molecule has 4 aromatic rings. The van der Waals surface area contributed by atoms with Crippen molar-refractivity contribution in [3.8, 4) is 17.2 Å². The minimum Gasteiger partial charge on any atom is -0.302 e. The lowest BCUT2D eigenvalue weighted by molar-refractivity contribution is 0.205. The van der Waals surface area contributed by atoms with Crippen LogP contribution in [0.3, 0.4) is 0 Å². The zero-order valence-electron chi connectivity index (χ0n) is 16.8. The lowest BCUT2D eigenvalue weighted by Crippen LogP contribution is -2.37. The van der Waals surface area contributed by atoms with E-state index in [-0.39, 0.29) is 17.4 Å². The molecule has 0 bridgehead atoms. The normalized spacial score (nSPS) is 15.4. The topological polar surface area (TPSA) is 74.8 Å². The van der Waals surface area contributed by atoms with Gasteiger partial charge in [-0.15, -0.1) is 0 Å². The van der Waals surface area contributed by atoms with Crippen LogP contribution >= 0.6 is 0 Å². The molecule has 0 amide bonds. The number of benzene rings is 2. The number of aromatic nitrogens is 3. The third kappa shape index (κ3) is 3.45. The molecule has 0 spiro atoms. The minimum atomic E-state index is -0.354. The van der Waals surface area contributed by atoms with Gasteiger partial charge in [0.1, 0.15) is 11.3 Å². The van der Waals surface area contributed by atoms with Crippen molar-refractivity contribution in [2.24, 2.45) is 0 Å². The van der Waals surface area contributed by atoms with Gasteiger partial charge in [0.2, 0.25) is 0 Å². The molecular formula is C24H20FN5O. The predicted molar refractivity (Wildman–Crippen MR) is 117 cm³/mol. The summed E-state index contributed by atoms with van der Waals surface area (Å²) in [6, 6.07) is 14.7. The van der Waals surface area contributed by atoms with Gasteiger partial charge in [-0.2, -0.15) is 5.26 Å². The van der Waals surface area contributed by atoms with Gasteiger partial charge in [0.05, 0.1) is 36.0 Å². The highest BCUT2D eigenvalue weighted by atomic mass is 19.1. The first-order chi connectivity index (χ1) is 15.2. The Bertz CT molecular complexity index is 1370. The number of likely N-dealkylation sites (tertiary alicyclic amines) is 1. The summed E-state index contributed by atoms with van der Waals surface area (Å²) >= 11 is 0. The molecule has 0 atom stereocenters. The second-order valence-corrected chi connectivity index (χ2v) is 7.84. The van der Waals surface area contributed by atoms with Crippen LogP contribution < -0.4 is 5.56 Å². The Morgan fingerprint density at radius 1 is 1.06 bits per heavy atom. The third-order valence-electron chi connectivity index (χ3n) is 6.00. The summed E-state index contributed by atoms with van der Waals surface area (Å²) in [4.78, 5) is 23.7. The van der Waals surface area contributed by atoms with E-state index in [2.05, 4.69) is 20.9 Å². The monoisotopic (exact) mass is 413 g/mol. The second-order valence-electron chi connectivity index (χ2n) is 7.84. The van der Waals surface area contributed by atoms with Crippen molar-refractivity contribution in [3.63, 3.8) is 0 Å². The van der Waals surface area contributed by atoms with Crippen molar-refractivity contribution < 1.29 is 4.39 Å². The van der Waals surface area contributed by atoms with Crippen LogP contribution in [-0.2, 0) is 0 Å². The van der Waals surface area contributed by atoms with E-state index >= 15 is 0 Å². The zero-order valence-corrected chi connectivity index (χ0v) is 16.8. The van der Waals surface area contributed by atoms with E-state index in [0.717, 1.165) is 31.5 Å². The molecule has 6 nitrogen and oxygen atoms in total. The van der Waals surface area contributed by atoms with E-state index in [9.17, 15) is 9.18 Å². The number of hydrogen-bond acceptors (Lipinski definition) is 5. The second kappa shape index (κ2) is 7.89. The molecule has 0 saturated carbocycles. The number of fused-ring (bicyclic) bond motifs is 3. The molecule has 1 fully saturated rings. The molecule has 1 aliphatic heterocycles. The molecule has 2 aromatic carbocycles. The number of hydrogen-bond donors (Lipinski definition) is 0. The molecule has 31 heavy (non-hydrogen) atoms. The molecule has 7 heteroatoms. The summed E-state index contributed by atoms with van der Waals surface area (Å²) in [6.07, 6.45) is 4.45. The van der Waals surface area contributed by atoms with Gasteiger partial charge in [0, 0.05) is 36.1 Å². The van der Waals surface area contributed by atoms with Crippen LogP contribution in [0.25, 0.3) is 33.1 Å². The average molecular weight is 413 g/mol. The first-order valence-corrected chi connectivity index (χ1v) is 10.3. The van der Waals surface area contributed by atoms with E-state index in [0.29, 0.717) is 34.0 Å². The number of piperidine rings is 1. The Morgan fingerprint density at radius 3 is 2.55 bits per heavy atom. The summed E-state index contributed by atoms with van der Waals surface area (Å²) < 4.78 is 16.7. The summed E-state index contributed by atoms with van der Waals surface area (Å²) in [5.74, 6) is -0.354. The highest BCUT2D eigenvalue weighted by molar-refractivity contribution is 6.03. The Balaban J connectivity index is 1.72. The van der Waals surface area contributed by atoms with Gasteiger partial charge < -0.3 is 4.57 Å². The van der Waals surface area contributed by atoms with Gasteiger partial charge in [-0.05, 0) is 24.5 Å². The maximum Gasteiger partial charge on any atom is 0.269 e. The zero-order chi connectivity index (χ0) is 21.4. The van der Waals surface area contributed by atoms with Crippen molar-refractivity contribution in [2.75, 3.05) is 19.6 Å². The van der Waals surface area contributed by atoms with Crippen LogP contribution in [0.5, 0.6) is 0 Å². The number of nitrogens with zero attached hydrogens (tertiary/aromatic N) is 5. The van der Waals surface area contributed by atoms with Crippen LogP contribution in [-0.4, -0.2) is 39.1 Å². The molecule has 5 rings (SSSR count). The first kappa shape index (κ1) is 19.3. The molecular weight excluding hydrogens is 393 g/mol. The molecule has 0 radical (unpaired) electrons. The highest BCUT2D eigenvalue weighted by Crippen LogP contribution is 2.32. The van der Waals surface area contributed by atoms with Gasteiger partial charge in [0.15, 0.2) is 0 Å². The van der Waals surface area contributed by atoms with Crippen molar-refractivity contribution in [1.82, 2.24) is 19.4 Å². The van der Waals surface area contributed by atoms with E-state index in [4.69, 9.17) is 5.26 Å². The molecule has 1 saturated heterocycles. The fourth-order valence-corrected chi connectivity index (χ4v) is 4.47. The lowest BCUT2D eigenvalue weighted by Gasteiger charge is -2.32. The molecule has 0 N–H and O–H groups in total. The van der Waals surface area contributed by atoms with E-state index in [1.165, 1.54) is 12.3 Å². The standard InChI is InChI=1S/C24H20FN5O/c25-20-13-21-19(12-18(20)16-4-2-1-3-5-16)24-22(14-27-21)28-15-23(31)30(24)17-6-9-29(10-7-17)11-8-26/h1-5,12-15,17H,6-7,9-11H2. The molecule has 3 heterocycles. The Morgan fingerprint density at radius 2 is 1.81 bits per heavy atom. The highest BCUT2D eigenvalue weighted by Gasteiger charge is 2.24. The molecule has 0 unspecified atom stereocenters. The van der Waals surface area contributed by atoms with Gasteiger partial charge in [-0.25, -0.2) is 9.37 Å². The quantitative estimate of drug-likeness (QED) is 0.376. The van der Waals surface area contributed by atoms with Crippen molar-refractivity contribution in [2.45, 2.75) is 18.9 Å². The largest absolute Gasteiger partial charge is 0.302 e. The smallest absolute Gasteiger partial charge is 0.269 e. The molecule has 0 aliphatic carbocycles. The average Bonchev–Trinajstić information content (AvgIpc) is 2.80. The summed E-state index contributed by atoms with van der Waals surface area (Å²) in [7, 11) is 0. The predicted octanol–water partition coefficient (Wildman–Crippen LogP) is 3.91. The number of pyridine rings is 1. The maximum absolute atomic E-state index is 14.9. The molecule has 2 aromatic heterocycles. The van der Waals surface area contributed by atoms with Gasteiger partial charge in [0.25, 0.3) is 5.56 Å². The van der Waals surface area contributed by atoms with Gasteiger partial charge in [-0.1, -0.05) is 30.3 Å². The summed E-state index contributed by atoms with van der Waals surface area (Å²) in [5.41, 5.74) is 2.85. The fraction of sp³-hybridized carbons (Fsp3) is 0.250. The van der Waals surface area contributed by atoms with Crippen LogP contribution in [0.15, 0.2) is 59.7 Å². The van der Waals surface area contributed by atoms with Crippen molar-refractivity contribution in [3.05, 3.63) is 71.0 Å². The van der Waals surface area contributed by atoms with E-state index in [1.54, 1.807) is 16.8 Å². The van der Waals surface area contributed by atoms with Gasteiger partial charge in [-0.3, -0.25) is 14.7 Å². The SMILES string of the molecule is N#CCN1CCC(n2c(=O)cnc3cnc4cc(F)c(-c5ccccc5)cc4c32)CC1. The van der Waals surface area contributed by atoms with Crippen molar-refractivity contribution in [1.29, 1.82) is 5.26 Å². The van der Waals surface area contributed by atoms with Crippen LogP contribution in [0, 0.1) is 17.1 Å². The Labute approximate surface area is 178 Å². The van der Waals surface area contributed by atoms with Crippen LogP contribution in [0.1, 0.15) is 18.9 Å². The van der Waals surface area contributed by atoms with E-state index in [1.807, 2.05) is 30.3 Å². The Hall–Kier alpha value is -3.63. The number of halogens is 1. The van der Waals surface area contributed by atoms with Crippen molar-refractivity contribution >= 4 is 21.9 Å². The Kier molecular flexibility index (Phi) is 4.92.